The predicted octanol–water partition coefficient (Wildman–Crippen LogP) is 1.18. The minimum absolute atomic E-state index is 0.0831. The topological polar surface area (TPSA) is 56.8 Å². The fraction of sp³-hybridized carbons (Fsp3) is 0.462. The first-order valence-electron chi connectivity index (χ1n) is 6.08. The van der Waals surface area contributed by atoms with Crippen molar-refractivity contribution in [1.29, 1.82) is 0 Å². The zero-order chi connectivity index (χ0) is 12.4. The third kappa shape index (κ3) is 2.26. The Morgan fingerprint density at radius 1 is 1.33 bits per heavy atom. The number of hydrogen-bond acceptors (Lipinski definition) is 4. The van der Waals surface area contributed by atoms with E-state index < -0.39 is 0 Å². The lowest BCUT2D eigenvalue weighted by atomic mass is 10.1. The number of amides is 1. The highest BCUT2D eigenvalue weighted by molar-refractivity contribution is 5.94. The van der Waals surface area contributed by atoms with Gasteiger partial charge in [0, 0.05) is 24.6 Å². The fourth-order valence-corrected chi connectivity index (χ4v) is 2.12. The van der Waals surface area contributed by atoms with Crippen molar-refractivity contribution in [2.75, 3.05) is 26.6 Å². The number of carbonyl (C=O) groups is 1. The molecule has 1 atom stereocenters. The summed E-state index contributed by atoms with van der Waals surface area (Å²) >= 11 is 0. The Morgan fingerprint density at radius 2 is 2.22 bits per heavy atom. The van der Waals surface area contributed by atoms with Crippen LogP contribution >= 0.6 is 0 Å². The van der Waals surface area contributed by atoms with Crippen LogP contribution in [0.3, 0.4) is 0 Å². The highest BCUT2D eigenvalue weighted by atomic mass is 16.7. The number of ether oxygens (including phenoxy) is 3. The minimum atomic E-state index is -0.0831. The molecule has 5 nitrogen and oxygen atoms in total. The van der Waals surface area contributed by atoms with Crippen LogP contribution in [0.2, 0.25) is 0 Å². The summed E-state index contributed by atoms with van der Waals surface area (Å²) in [6, 6.07) is 5.22. The molecule has 0 aromatic heterocycles. The maximum atomic E-state index is 12.0. The maximum Gasteiger partial charge on any atom is 0.251 e. The molecule has 3 rings (SSSR count). The van der Waals surface area contributed by atoms with E-state index in [0.29, 0.717) is 29.5 Å². The molecule has 2 heterocycles. The number of nitrogens with one attached hydrogen (secondary N) is 1. The molecular weight excluding hydrogens is 234 g/mol. The summed E-state index contributed by atoms with van der Waals surface area (Å²) in [6.45, 7) is 2.42. The summed E-state index contributed by atoms with van der Waals surface area (Å²) in [4.78, 5) is 12.0. The van der Waals surface area contributed by atoms with Crippen LogP contribution in [0.4, 0.5) is 0 Å². The molecular formula is C13H15NO4. The zero-order valence-corrected chi connectivity index (χ0v) is 9.98. The number of benzene rings is 1. The number of fused-ring (bicyclic) bond motifs is 1. The molecule has 0 saturated carbocycles. The van der Waals surface area contributed by atoms with Crippen LogP contribution < -0.4 is 14.8 Å². The second kappa shape index (κ2) is 4.86. The van der Waals surface area contributed by atoms with Gasteiger partial charge < -0.3 is 19.5 Å². The number of carbonyl (C=O) groups excluding carboxylic acids is 1. The molecule has 1 fully saturated rings. The summed E-state index contributed by atoms with van der Waals surface area (Å²) in [5, 5.41) is 2.92. The SMILES string of the molecule is O=C(NC[C@@H]1CCOC1)c1ccc2c(c1)OCO2. The van der Waals surface area contributed by atoms with Crippen LogP contribution in [-0.4, -0.2) is 32.5 Å². The van der Waals surface area contributed by atoms with Crippen LogP contribution in [0.5, 0.6) is 11.5 Å². The molecule has 0 aliphatic carbocycles. The van der Waals surface area contributed by atoms with Gasteiger partial charge in [-0.25, -0.2) is 0 Å². The minimum Gasteiger partial charge on any atom is -0.454 e. The summed E-state index contributed by atoms with van der Waals surface area (Å²) in [5.74, 6) is 1.67. The van der Waals surface area contributed by atoms with Crippen molar-refractivity contribution in [2.45, 2.75) is 6.42 Å². The molecule has 0 radical (unpaired) electrons. The molecule has 1 aromatic carbocycles. The Kier molecular flexibility index (Phi) is 3.06. The molecule has 1 aromatic rings. The van der Waals surface area contributed by atoms with Crippen molar-refractivity contribution >= 4 is 5.91 Å². The quantitative estimate of drug-likeness (QED) is 0.874. The molecule has 18 heavy (non-hydrogen) atoms. The molecule has 0 spiro atoms. The second-order valence-electron chi connectivity index (χ2n) is 4.51. The van der Waals surface area contributed by atoms with Gasteiger partial charge in [-0.1, -0.05) is 0 Å². The van der Waals surface area contributed by atoms with E-state index in [2.05, 4.69) is 5.32 Å². The molecule has 5 heteroatoms. The highest BCUT2D eigenvalue weighted by Gasteiger charge is 2.19. The van der Waals surface area contributed by atoms with E-state index in [0.717, 1.165) is 19.6 Å². The van der Waals surface area contributed by atoms with E-state index in [9.17, 15) is 4.79 Å². The Bertz CT molecular complexity index is 454. The molecule has 1 amide bonds. The average molecular weight is 249 g/mol. The predicted molar refractivity (Wildman–Crippen MR) is 63.8 cm³/mol. The van der Waals surface area contributed by atoms with Gasteiger partial charge in [0.15, 0.2) is 11.5 Å². The lowest BCUT2D eigenvalue weighted by Crippen LogP contribution is -2.29. The van der Waals surface area contributed by atoms with Gasteiger partial charge in [-0.3, -0.25) is 4.79 Å². The summed E-state index contributed by atoms with van der Waals surface area (Å²) in [7, 11) is 0. The molecule has 0 bridgehead atoms. The number of hydrogen-bond donors (Lipinski definition) is 1. The summed E-state index contributed by atoms with van der Waals surface area (Å²) in [5.41, 5.74) is 0.596. The van der Waals surface area contributed by atoms with Gasteiger partial charge in [0.1, 0.15) is 0 Å². The van der Waals surface area contributed by atoms with Crippen molar-refractivity contribution in [1.82, 2.24) is 5.32 Å². The Labute approximate surface area is 105 Å². The van der Waals surface area contributed by atoms with Crippen molar-refractivity contribution in [3.63, 3.8) is 0 Å². The van der Waals surface area contributed by atoms with Crippen molar-refractivity contribution in [3.05, 3.63) is 23.8 Å². The molecule has 2 aliphatic heterocycles. The molecule has 0 unspecified atom stereocenters. The van der Waals surface area contributed by atoms with E-state index >= 15 is 0 Å². The largest absolute Gasteiger partial charge is 0.454 e. The van der Waals surface area contributed by atoms with Crippen molar-refractivity contribution in [3.8, 4) is 11.5 Å². The smallest absolute Gasteiger partial charge is 0.251 e. The van der Waals surface area contributed by atoms with Gasteiger partial charge >= 0.3 is 0 Å². The summed E-state index contributed by atoms with van der Waals surface area (Å²) in [6.07, 6.45) is 1.02. The average Bonchev–Trinajstić information content (AvgIpc) is 3.05. The Morgan fingerprint density at radius 3 is 3.06 bits per heavy atom. The third-order valence-corrected chi connectivity index (χ3v) is 3.21. The van der Waals surface area contributed by atoms with E-state index in [4.69, 9.17) is 14.2 Å². The maximum absolute atomic E-state index is 12.0. The Balaban J connectivity index is 1.61. The van der Waals surface area contributed by atoms with Crippen LogP contribution in [0, 0.1) is 5.92 Å². The van der Waals surface area contributed by atoms with Crippen molar-refractivity contribution in [2.24, 2.45) is 5.92 Å². The summed E-state index contributed by atoms with van der Waals surface area (Å²) < 4.78 is 15.7. The molecule has 2 aliphatic rings. The second-order valence-corrected chi connectivity index (χ2v) is 4.51. The van der Waals surface area contributed by atoms with Crippen LogP contribution in [-0.2, 0) is 4.74 Å². The molecule has 96 valence electrons. The van der Waals surface area contributed by atoms with Gasteiger partial charge in [-0.2, -0.15) is 0 Å². The van der Waals surface area contributed by atoms with Gasteiger partial charge in [-0.05, 0) is 24.6 Å². The van der Waals surface area contributed by atoms with E-state index in [1.54, 1.807) is 18.2 Å². The van der Waals surface area contributed by atoms with Gasteiger partial charge in [0.25, 0.3) is 5.91 Å². The van der Waals surface area contributed by atoms with Crippen molar-refractivity contribution < 1.29 is 19.0 Å². The van der Waals surface area contributed by atoms with E-state index in [-0.39, 0.29) is 12.7 Å². The first kappa shape index (κ1) is 11.3. The molecule has 1 N–H and O–H groups in total. The first-order valence-corrected chi connectivity index (χ1v) is 6.08. The van der Waals surface area contributed by atoms with Crippen LogP contribution in [0.15, 0.2) is 18.2 Å². The van der Waals surface area contributed by atoms with Crippen LogP contribution in [0.25, 0.3) is 0 Å². The molecule has 1 saturated heterocycles. The third-order valence-electron chi connectivity index (χ3n) is 3.21. The Hall–Kier alpha value is -1.75. The fourth-order valence-electron chi connectivity index (χ4n) is 2.12. The zero-order valence-electron chi connectivity index (χ0n) is 9.98. The van der Waals surface area contributed by atoms with Gasteiger partial charge in [-0.15, -0.1) is 0 Å². The van der Waals surface area contributed by atoms with E-state index in [1.165, 1.54) is 0 Å². The van der Waals surface area contributed by atoms with Gasteiger partial charge in [0.05, 0.1) is 6.61 Å². The standard InChI is InChI=1S/C13H15NO4/c15-13(14-6-9-3-4-16-7-9)10-1-2-11-12(5-10)18-8-17-11/h1-2,5,9H,3-4,6-8H2,(H,14,15)/t9-/m0/s1. The van der Waals surface area contributed by atoms with Crippen LogP contribution in [0.1, 0.15) is 16.8 Å². The highest BCUT2D eigenvalue weighted by Crippen LogP contribution is 2.32. The number of rotatable bonds is 3. The van der Waals surface area contributed by atoms with E-state index in [1.807, 2.05) is 0 Å². The lowest BCUT2D eigenvalue weighted by Gasteiger charge is -2.09. The normalized spacial score (nSPS) is 21.0. The monoisotopic (exact) mass is 249 g/mol. The first-order chi connectivity index (χ1) is 8.83. The lowest BCUT2D eigenvalue weighted by molar-refractivity contribution is 0.0944. The van der Waals surface area contributed by atoms with Gasteiger partial charge in [0.2, 0.25) is 6.79 Å².